The summed E-state index contributed by atoms with van der Waals surface area (Å²) in [5.74, 6) is 0.265. The molecule has 20 heavy (non-hydrogen) atoms. The minimum Gasteiger partial charge on any atom is -0.351 e. The third-order valence-electron chi connectivity index (χ3n) is 4.14. The Hall–Kier alpha value is -1.40. The van der Waals surface area contributed by atoms with Crippen molar-refractivity contribution in [3.05, 3.63) is 29.8 Å². The average molecular weight is 296 g/mol. The Bertz CT molecular complexity index is 619. The van der Waals surface area contributed by atoms with Gasteiger partial charge in [0.05, 0.1) is 4.90 Å². The highest BCUT2D eigenvalue weighted by atomic mass is 32.2. The van der Waals surface area contributed by atoms with Crippen molar-refractivity contribution in [2.45, 2.75) is 31.6 Å². The predicted molar refractivity (Wildman–Crippen MR) is 76.7 cm³/mol. The van der Waals surface area contributed by atoms with Crippen LogP contribution in [-0.2, 0) is 10.0 Å². The first-order valence-corrected chi connectivity index (χ1v) is 8.20. The van der Waals surface area contributed by atoms with Gasteiger partial charge < -0.3 is 5.32 Å². The van der Waals surface area contributed by atoms with Gasteiger partial charge in [0.25, 0.3) is 5.91 Å². The van der Waals surface area contributed by atoms with Crippen LogP contribution in [0.4, 0.5) is 0 Å². The molecular weight excluding hydrogens is 276 g/mol. The van der Waals surface area contributed by atoms with Gasteiger partial charge in [0.15, 0.2) is 0 Å². The first-order chi connectivity index (χ1) is 9.24. The Kier molecular flexibility index (Phi) is 3.88. The van der Waals surface area contributed by atoms with E-state index in [1.165, 1.54) is 18.2 Å². The zero-order chi connectivity index (χ0) is 15.0. The van der Waals surface area contributed by atoms with Crippen LogP contribution < -0.4 is 10.5 Å². The second-order valence-electron chi connectivity index (χ2n) is 5.77. The van der Waals surface area contributed by atoms with Gasteiger partial charge in [-0.25, -0.2) is 13.6 Å². The first kappa shape index (κ1) is 15.0. The normalized spacial score (nSPS) is 17.0. The standard InChI is InChI=1S/C14H20N2O3S/c1-10(2)14(6-7-14)9-16-13(17)11-4-3-5-12(8-11)20(15,18)19/h3-5,8,10H,6-7,9H2,1-2H3,(H,16,17)(H2,15,18,19). The quantitative estimate of drug-likeness (QED) is 0.863. The maximum atomic E-state index is 12.1. The minimum absolute atomic E-state index is 0.0462. The molecule has 0 unspecified atom stereocenters. The number of nitrogens with one attached hydrogen (secondary N) is 1. The number of carbonyl (C=O) groups is 1. The summed E-state index contributed by atoms with van der Waals surface area (Å²) in [6, 6.07) is 5.78. The number of primary sulfonamides is 1. The van der Waals surface area contributed by atoms with E-state index in [1.54, 1.807) is 6.07 Å². The highest BCUT2D eigenvalue weighted by Crippen LogP contribution is 2.51. The van der Waals surface area contributed by atoms with Crippen molar-refractivity contribution in [3.8, 4) is 0 Å². The van der Waals surface area contributed by atoms with Gasteiger partial charge in [0, 0.05) is 12.1 Å². The zero-order valence-corrected chi connectivity index (χ0v) is 12.5. The van der Waals surface area contributed by atoms with Gasteiger partial charge in [-0.3, -0.25) is 4.79 Å². The van der Waals surface area contributed by atoms with E-state index in [-0.39, 0.29) is 16.2 Å². The molecule has 0 radical (unpaired) electrons. The van der Waals surface area contributed by atoms with Crippen LogP contribution in [0.3, 0.4) is 0 Å². The van der Waals surface area contributed by atoms with E-state index in [2.05, 4.69) is 19.2 Å². The molecular formula is C14H20N2O3S. The fraction of sp³-hybridized carbons (Fsp3) is 0.500. The van der Waals surface area contributed by atoms with E-state index in [9.17, 15) is 13.2 Å². The number of carbonyl (C=O) groups excluding carboxylic acids is 1. The molecule has 0 spiro atoms. The van der Waals surface area contributed by atoms with E-state index in [1.807, 2.05) is 0 Å². The average Bonchev–Trinajstić information content (AvgIpc) is 3.16. The summed E-state index contributed by atoms with van der Waals surface area (Å²) in [7, 11) is -3.78. The smallest absolute Gasteiger partial charge is 0.251 e. The van der Waals surface area contributed by atoms with Crippen LogP contribution >= 0.6 is 0 Å². The number of hydrogen-bond donors (Lipinski definition) is 2. The summed E-state index contributed by atoms with van der Waals surface area (Å²) < 4.78 is 22.5. The van der Waals surface area contributed by atoms with Crippen molar-refractivity contribution in [2.75, 3.05) is 6.54 Å². The molecule has 0 saturated heterocycles. The summed E-state index contributed by atoms with van der Waals surface area (Å²) in [6.07, 6.45) is 2.25. The molecule has 6 heteroatoms. The lowest BCUT2D eigenvalue weighted by molar-refractivity contribution is 0.0939. The van der Waals surface area contributed by atoms with Crippen LogP contribution in [0.1, 0.15) is 37.0 Å². The zero-order valence-electron chi connectivity index (χ0n) is 11.7. The van der Waals surface area contributed by atoms with Crippen LogP contribution in [0.25, 0.3) is 0 Å². The second kappa shape index (κ2) is 5.18. The van der Waals surface area contributed by atoms with Gasteiger partial charge in [-0.1, -0.05) is 19.9 Å². The van der Waals surface area contributed by atoms with Crippen LogP contribution in [0.15, 0.2) is 29.2 Å². The van der Waals surface area contributed by atoms with Crippen LogP contribution in [0.2, 0.25) is 0 Å². The fourth-order valence-corrected chi connectivity index (χ4v) is 2.85. The number of rotatable bonds is 5. The summed E-state index contributed by atoms with van der Waals surface area (Å²) in [5.41, 5.74) is 0.531. The SMILES string of the molecule is CC(C)C1(CNC(=O)c2cccc(S(N)(=O)=O)c2)CC1. The van der Waals surface area contributed by atoms with Crippen LogP contribution in [-0.4, -0.2) is 20.9 Å². The van der Waals surface area contributed by atoms with E-state index in [0.29, 0.717) is 18.0 Å². The Balaban J connectivity index is 2.07. The second-order valence-corrected chi connectivity index (χ2v) is 7.33. The third-order valence-corrected chi connectivity index (χ3v) is 5.05. The van der Waals surface area contributed by atoms with Gasteiger partial charge in [-0.15, -0.1) is 0 Å². The minimum atomic E-state index is -3.78. The molecule has 0 atom stereocenters. The highest BCUT2D eigenvalue weighted by Gasteiger charge is 2.45. The van der Waals surface area contributed by atoms with Crippen molar-refractivity contribution >= 4 is 15.9 Å². The van der Waals surface area contributed by atoms with Crippen molar-refractivity contribution in [3.63, 3.8) is 0 Å². The Morgan fingerprint density at radius 2 is 2.05 bits per heavy atom. The van der Waals surface area contributed by atoms with Crippen molar-refractivity contribution in [1.82, 2.24) is 5.32 Å². The molecule has 1 aromatic rings. The Labute approximate surface area is 119 Å². The summed E-state index contributed by atoms with van der Waals surface area (Å²) >= 11 is 0. The van der Waals surface area contributed by atoms with E-state index >= 15 is 0 Å². The number of nitrogens with two attached hydrogens (primary N) is 1. The van der Waals surface area contributed by atoms with Gasteiger partial charge in [0.1, 0.15) is 0 Å². The van der Waals surface area contributed by atoms with E-state index < -0.39 is 10.0 Å². The number of hydrogen-bond acceptors (Lipinski definition) is 3. The number of amides is 1. The maximum Gasteiger partial charge on any atom is 0.251 e. The van der Waals surface area contributed by atoms with E-state index in [4.69, 9.17) is 5.14 Å². The summed E-state index contributed by atoms with van der Waals surface area (Å²) in [5, 5.41) is 7.95. The monoisotopic (exact) mass is 296 g/mol. The highest BCUT2D eigenvalue weighted by molar-refractivity contribution is 7.89. The molecule has 0 aromatic heterocycles. The lowest BCUT2D eigenvalue weighted by Crippen LogP contribution is -2.32. The number of benzene rings is 1. The lowest BCUT2D eigenvalue weighted by atomic mass is 9.92. The van der Waals surface area contributed by atoms with Gasteiger partial charge in [-0.05, 0) is 42.4 Å². The van der Waals surface area contributed by atoms with Crippen molar-refractivity contribution < 1.29 is 13.2 Å². The molecule has 1 aliphatic rings. The molecule has 1 aromatic carbocycles. The molecule has 3 N–H and O–H groups in total. The summed E-state index contributed by atoms with van der Waals surface area (Å²) in [6.45, 7) is 4.94. The Morgan fingerprint density at radius 3 is 2.55 bits per heavy atom. The molecule has 1 aliphatic carbocycles. The first-order valence-electron chi connectivity index (χ1n) is 6.66. The molecule has 1 fully saturated rings. The third kappa shape index (κ3) is 3.19. The molecule has 0 bridgehead atoms. The van der Waals surface area contributed by atoms with Crippen molar-refractivity contribution in [1.29, 1.82) is 0 Å². The van der Waals surface area contributed by atoms with Gasteiger partial charge >= 0.3 is 0 Å². The maximum absolute atomic E-state index is 12.1. The predicted octanol–water partition coefficient (Wildman–Crippen LogP) is 1.50. The topological polar surface area (TPSA) is 89.3 Å². The molecule has 2 rings (SSSR count). The molecule has 0 aliphatic heterocycles. The molecule has 110 valence electrons. The van der Waals surface area contributed by atoms with Crippen LogP contribution in [0.5, 0.6) is 0 Å². The summed E-state index contributed by atoms with van der Waals surface area (Å²) in [4.78, 5) is 12.0. The van der Waals surface area contributed by atoms with Gasteiger partial charge in [-0.2, -0.15) is 0 Å². The largest absolute Gasteiger partial charge is 0.351 e. The lowest BCUT2D eigenvalue weighted by Gasteiger charge is -2.20. The molecule has 5 nitrogen and oxygen atoms in total. The Morgan fingerprint density at radius 1 is 1.40 bits per heavy atom. The van der Waals surface area contributed by atoms with Crippen LogP contribution in [0, 0.1) is 11.3 Å². The number of sulfonamides is 1. The molecule has 1 amide bonds. The van der Waals surface area contributed by atoms with Gasteiger partial charge in [0.2, 0.25) is 10.0 Å². The van der Waals surface area contributed by atoms with E-state index in [0.717, 1.165) is 12.8 Å². The molecule has 1 saturated carbocycles. The van der Waals surface area contributed by atoms with Crippen molar-refractivity contribution in [2.24, 2.45) is 16.5 Å². The fourth-order valence-electron chi connectivity index (χ4n) is 2.29. The molecule has 0 heterocycles.